The smallest absolute Gasteiger partial charge is 0.328 e. The summed E-state index contributed by atoms with van der Waals surface area (Å²) in [6, 6.07) is 6.52. The summed E-state index contributed by atoms with van der Waals surface area (Å²) in [6.45, 7) is 6.45. The first-order valence-electron chi connectivity index (χ1n) is 9.92. The third kappa shape index (κ3) is 5.82. The molecular formula is C21H29N3O4S. The number of aromatic nitrogens is 2. The van der Waals surface area contributed by atoms with Crippen LogP contribution in [0.25, 0.3) is 10.9 Å². The van der Waals surface area contributed by atoms with Crippen LogP contribution in [0.3, 0.4) is 0 Å². The zero-order valence-electron chi connectivity index (χ0n) is 17.4. The second-order valence-corrected chi connectivity index (χ2v) is 7.91. The molecule has 1 amide bonds. The molecule has 0 aliphatic rings. The van der Waals surface area contributed by atoms with Crippen LogP contribution in [0, 0.1) is 5.92 Å². The van der Waals surface area contributed by atoms with Crippen LogP contribution in [-0.2, 0) is 20.9 Å². The van der Waals surface area contributed by atoms with Crippen LogP contribution in [-0.4, -0.2) is 40.3 Å². The van der Waals surface area contributed by atoms with E-state index >= 15 is 0 Å². The molecule has 0 radical (unpaired) electrons. The van der Waals surface area contributed by atoms with Crippen LogP contribution in [0.4, 0.5) is 0 Å². The number of fused-ring (bicyclic) bond motifs is 1. The van der Waals surface area contributed by atoms with Gasteiger partial charge in [-0.05, 0) is 24.5 Å². The van der Waals surface area contributed by atoms with Crippen molar-refractivity contribution in [1.82, 2.24) is 14.9 Å². The number of para-hydroxylation sites is 1. The number of nitrogens with one attached hydrogen (secondary N) is 1. The maximum atomic E-state index is 12.9. The molecule has 0 bridgehead atoms. The monoisotopic (exact) mass is 419 g/mol. The highest BCUT2D eigenvalue weighted by Crippen LogP contribution is 2.19. The van der Waals surface area contributed by atoms with Crippen molar-refractivity contribution < 1.29 is 14.3 Å². The Bertz CT molecular complexity index is 912. The number of benzene rings is 1. The van der Waals surface area contributed by atoms with E-state index in [9.17, 15) is 14.4 Å². The third-order valence-corrected chi connectivity index (χ3v) is 5.86. The van der Waals surface area contributed by atoms with Gasteiger partial charge in [-0.3, -0.25) is 14.2 Å². The maximum absolute atomic E-state index is 12.9. The van der Waals surface area contributed by atoms with E-state index in [1.807, 2.05) is 26.0 Å². The van der Waals surface area contributed by atoms with E-state index < -0.39 is 12.0 Å². The van der Waals surface area contributed by atoms with Crippen molar-refractivity contribution in [3.63, 3.8) is 0 Å². The van der Waals surface area contributed by atoms with Gasteiger partial charge >= 0.3 is 5.97 Å². The first kappa shape index (κ1) is 22.9. The molecule has 1 N–H and O–H groups in total. The molecule has 29 heavy (non-hydrogen) atoms. The van der Waals surface area contributed by atoms with Crippen LogP contribution in [0.2, 0.25) is 0 Å². The van der Waals surface area contributed by atoms with Crippen molar-refractivity contribution in [1.29, 1.82) is 0 Å². The van der Waals surface area contributed by atoms with Gasteiger partial charge in [0.15, 0.2) is 5.16 Å². The quantitative estimate of drug-likeness (QED) is 0.362. The molecule has 7 nitrogen and oxygen atoms in total. The number of carbonyl (C=O) groups is 2. The molecule has 2 atom stereocenters. The Balaban J connectivity index is 2.21. The van der Waals surface area contributed by atoms with Gasteiger partial charge in [-0.25, -0.2) is 9.78 Å². The Morgan fingerprint density at radius 1 is 1.28 bits per heavy atom. The van der Waals surface area contributed by atoms with Crippen molar-refractivity contribution in [3.8, 4) is 0 Å². The van der Waals surface area contributed by atoms with Crippen LogP contribution in [0.1, 0.15) is 40.0 Å². The summed E-state index contributed by atoms with van der Waals surface area (Å²) in [6.07, 6.45) is 2.52. The van der Waals surface area contributed by atoms with Crippen LogP contribution in [0.15, 0.2) is 34.2 Å². The van der Waals surface area contributed by atoms with E-state index in [4.69, 9.17) is 4.74 Å². The minimum atomic E-state index is -0.690. The normalized spacial score (nSPS) is 13.1. The first-order chi connectivity index (χ1) is 13.9. The number of rotatable bonds is 10. The van der Waals surface area contributed by atoms with E-state index in [-0.39, 0.29) is 23.1 Å². The molecule has 1 aromatic heterocycles. The summed E-state index contributed by atoms with van der Waals surface area (Å²) >= 11 is 1.20. The lowest BCUT2D eigenvalue weighted by Crippen LogP contribution is -2.46. The highest BCUT2D eigenvalue weighted by molar-refractivity contribution is 7.99. The fourth-order valence-corrected chi connectivity index (χ4v) is 3.75. The number of esters is 1. The molecule has 1 heterocycles. The van der Waals surface area contributed by atoms with E-state index in [1.165, 1.54) is 18.9 Å². The van der Waals surface area contributed by atoms with Gasteiger partial charge in [-0.2, -0.15) is 0 Å². The molecule has 1 aromatic carbocycles. The fourth-order valence-electron chi connectivity index (χ4n) is 2.91. The molecule has 0 unspecified atom stereocenters. The predicted molar refractivity (Wildman–Crippen MR) is 115 cm³/mol. The van der Waals surface area contributed by atoms with Crippen molar-refractivity contribution in [2.45, 2.75) is 57.8 Å². The number of nitrogens with zero attached hydrogens (tertiary/aromatic N) is 2. The molecule has 0 saturated carbocycles. The van der Waals surface area contributed by atoms with E-state index in [0.29, 0.717) is 22.6 Å². The molecule has 2 rings (SSSR count). The van der Waals surface area contributed by atoms with Gasteiger partial charge < -0.3 is 10.1 Å². The van der Waals surface area contributed by atoms with Crippen LogP contribution in [0.5, 0.6) is 0 Å². The van der Waals surface area contributed by atoms with Crippen molar-refractivity contribution >= 4 is 34.5 Å². The standard InChI is InChI=1S/C21H29N3O4S/c1-5-7-12-24-19(26)15-10-8-9-11-16(15)22-21(24)29-13-17(25)23-18(14(3)6-2)20(27)28-4/h8-11,14,18H,5-7,12-13H2,1-4H3,(H,23,25)/t14-,18-/m1/s1. The number of carbonyl (C=O) groups excluding carboxylic acids is 2. The van der Waals surface area contributed by atoms with Crippen molar-refractivity contribution in [2.75, 3.05) is 12.9 Å². The minimum Gasteiger partial charge on any atom is -0.467 e. The average molecular weight is 420 g/mol. The molecule has 0 spiro atoms. The molecule has 158 valence electrons. The minimum absolute atomic E-state index is 0.0436. The van der Waals surface area contributed by atoms with Gasteiger partial charge in [0.25, 0.3) is 5.56 Å². The Morgan fingerprint density at radius 2 is 2.00 bits per heavy atom. The summed E-state index contributed by atoms with van der Waals surface area (Å²) in [5, 5.41) is 3.83. The SMILES string of the molecule is CCCCn1c(SCC(=O)N[C@@H](C(=O)OC)[C@H](C)CC)nc2ccccc2c1=O. The Labute approximate surface area is 175 Å². The highest BCUT2D eigenvalue weighted by atomic mass is 32.2. The molecular weight excluding hydrogens is 390 g/mol. The number of unbranched alkanes of at least 4 members (excludes halogenated alkanes) is 1. The summed E-state index contributed by atoms with van der Waals surface area (Å²) in [5.41, 5.74) is 0.513. The summed E-state index contributed by atoms with van der Waals surface area (Å²) in [5.74, 6) is -0.740. The lowest BCUT2D eigenvalue weighted by molar-refractivity contribution is -0.146. The third-order valence-electron chi connectivity index (χ3n) is 4.88. The number of thioether (sulfide) groups is 1. The number of methoxy groups -OCH3 is 1. The first-order valence-corrected chi connectivity index (χ1v) is 10.9. The second-order valence-electron chi connectivity index (χ2n) is 6.96. The summed E-state index contributed by atoms with van der Waals surface area (Å²) < 4.78 is 6.44. The van der Waals surface area contributed by atoms with Gasteiger partial charge in [-0.15, -0.1) is 0 Å². The fraction of sp³-hybridized carbons (Fsp3) is 0.524. The molecule has 0 saturated heterocycles. The van der Waals surface area contributed by atoms with Gasteiger partial charge in [0.1, 0.15) is 6.04 Å². The maximum Gasteiger partial charge on any atom is 0.328 e. The summed E-state index contributed by atoms with van der Waals surface area (Å²) in [7, 11) is 1.31. The Morgan fingerprint density at radius 3 is 2.66 bits per heavy atom. The largest absolute Gasteiger partial charge is 0.467 e. The number of hydrogen-bond donors (Lipinski definition) is 1. The average Bonchev–Trinajstić information content (AvgIpc) is 2.74. The highest BCUT2D eigenvalue weighted by Gasteiger charge is 2.26. The Kier molecular flexibility index (Phi) is 8.70. The molecule has 0 fully saturated rings. The zero-order valence-corrected chi connectivity index (χ0v) is 18.3. The van der Waals surface area contributed by atoms with E-state index in [0.717, 1.165) is 19.3 Å². The van der Waals surface area contributed by atoms with E-state index in [1.54, 1.807) is 16.7 Å². The lowest BCUT2D eigenvalue weighted by Gasteiger charge is -2.21. The lowest BCUT2D eigenvalue weighted by atomic mass is 9.99. The molecule has 0 aliphatic heterocycles. The topological polar surface area (TPSA) is 90.3 Å². The zero-order chi connectivity index (χ0) is 21.4. The number of hydrogen-bond acceptors (Lipinski definition) is 6. The molecule has 0 aliphatic carbocycles. The molecule has 8 heteroatoms. The van der Waals surface area contributed by atoms with Gasteiger partial charge in [0.2, 0.25) is 5.91 Å². The number of amides is 1. The Hall–Kier alpha value is -2.35. The van der Waals surface area contributed by atoms with E-state index in [2.05, 4.69) is 17.2 Å². The van der Waals surface area contributed by atoms with Crippen molar-refractivity contribution in [3.05, 3.63) is 34.6 Å². The molecule has 2 aromatic rings. The summed E-state index contributed by atoms with van der Waals surface area (Å²) in [4.78, 5) is 41.9. The van der Waals surface area contributed by atoms with Gasteiger partial charge in [0.05, 0.1) is 23.8 Å². The van der Waals surface area contributed by atoms with Crippen LogP contribution >= 0.6 is 11.8 Å². The van der Waals surface area contributed by atoms with Crippen LogP contribution < -0.4 is 10.9 Å². The second kappa shape index (κ2) is 11.0. The number of ether oxygens (including phenoxy) is 1. The van der Waals surface area contributed by atoms with Crippen molar-refractivity contribution in [2.24, 2.45) is 5.92 Å². The van der Waals surface area contributed by atoms with Gasteiger partial charge in [0, 0.05) is 6.54 Å². The predicted octanol–water partition coefficient (Wildman–Crippen LogP) is 2.99. The van der Waals surface area contributed by atoms with Gasteiger partial charge in [-0.1, -0.05) is 57.5 Å².